The summed E-state index contributed by atoms with van der Waals surface area (Å²) in [5.74, 6) is 0.375. The van der Waals surface area contributed by atoms with Crippen molar-refractivity contribution in [3.05, 3.63) is 53.3 Å². The van der Waals surface area contributed by atoms with Gasteiger partial charge in [0.15, 0.2) is 0 Å². The van der Waals surface area contributed by atoms with Crippen LogP contribution in [0, 0.1) is 12.7 Å². The Kier molecular flexibility index (Phi) is 6.35. The van der Waals surface area contributed by atoms with Crippen LogP contribution in [0.5, 0.6) is 11.5 Å². The molecule has 10 heteroatoms. The molecular formula is C23H27FN2O6S. The van der Waals surface area contributed by atoms with E-state index in [1.54, 1.807) is 23.1 Å². The number of methoxy groups -OCH3 is 2. The number of rotatable bonds is 5. The van der Waals surface area contributed by atoms with E-state index >= 15 is 0 Å². The first-order chi connectivity index (χ1) is 15.7. The van der Waals surface area contributed by atoms with Gasteiger partial charge in [-0.1, -0.05) is 0 Å². The van der Waals surface area contributed by atoms with Crippen LogP contribution < -0.4 is 9.47 Å². The van der Waals surface area contributed by atoms with Crippen molar-refractivity contribution in [1.29, 1.82) is 0 Å². The quantitative estimate of drug-likeness (QED) is 0.657. The number of ether oxygens (including phenoxy) is 3. The third kappa shape index (κ3) is 4.30. The Bertz CT molecular complexity index is 1140. The Morgan fingerprint density at radius 3 is 2.24 bits per heavy atom. The highest BCUT2D eigenvalue weighted by molar-refractivity contribution is 7.89. The minimum Gasteiger partial charge on any atom is -0.497 e. The monoisotopic (exact) mass is 478 g/mol. The van der Waals surface area contributed by atoms with E-state index in [-0.39, 0.29) is 29.5 Å². The van der Waals surface area contributed by atoms with Crippen LogP contribution in [-0.2, 0) is 14.8 Å². The molecule has 8 nitrogen and oxygen atoms in total. The number of sulfonamides is 1. The number of nitrogens with zero attached hydrogens (tertiary/aromatic N) is 2. The van der Waals surface area contributed by atoms with Crippen LogP contribution in [0.15, 0.2) is 41.3 Å². The molecule has 0 aliphatic carbocycles. The van der Waals surface area contributed by atoms with E-state index < -0.39 is 21.6 Å². The predicted octanol–water partition coefficient (Wildman–Crippen LogP) is 2.80. The zero-order chi connectivity index (χ0) is 23.8. The van der Waals surface area contributed by atoms with Crippen LogP contribution in [0.25, 0.3) is 0 Å². The molecule has 0 bridgehead atoms. The molecule has 0 atom stereocenters. The number of likely N-dealkylation sites (tertiary alicyclic amines) is 1. The second-order valence-corrected chi connectivity index (χ2v) is 10.0. The first-order valence-electron chi connectivity index (χ1n) is 10.7. The highest BCUT2D eigenvalue weighted by atomic mass is 32.2. The minimum absolute atomic E-state index is 0.0354. The smallest absolute Gasteiger partial charge is 0.254 e. The molecule has 0 saturated carbocycles. The maximum atomic E-state index is 13.7. The summed E-state index contributed by atoms with van der Waals surface area (Å²) < 4.78 is 58.2. The highest BCUT2D eigenvalue weighted by Crippen LogP contribution is 2.39. The SMILES string of the molecule is COc1cc(OC)cc(C(=O)N2CCC3(CC2)OCCN3S(=O)(=O)c2ccc(F)c(C)c2)c1. The van der Waals surface area contributed by atoms with Crippen molar-refractivity contribution >= 4 is 15.9 Å². The zero-order valence-corrected chi connectivity index (χ0v) is 19.7. The molecule has 0 unspecified atom stereocenters. The average Bonchev–Trinajstić information content (AvgIpc) is 3.24. The van der Waals surface area contributed by atoms with E-state index in [4.69, 9.17) is 14.2 Å². The molecule has 2 aromatic rings. The fraction of sp³-hybridized carbons (Fsp3) is 0.435. The van der Waals surface area contributed by atoms with Gasteiger partial charge in [0.05, 0.1) is 25.7 Å². The van der Waals surface area contributed by atoms with Crippen molar-refractivity contribution in [2.75, 3.05) is 40.5 Å². The Labute approximate surface area is 192 Å². The molecule has 1 spiro atoms. The first-order valence-corrected chi connectivity index (χ1v) is 12.1. The predicted molar refractivity (Wildman–Crippen MR) is 118 cm³/mol. The van der Waals surface area contributed by atoms with Gasteiger partial charge in [0.2, 0.25) is 10.0 Å². The van der Waals surface area contributed by atoms with E-state index in [1.165, 1.54) is 37.6 Å². The normalized spacial score (nSPS) is 18.5. The van der Waals surface area contributed by atoms with E-state index in [2.05, 4.69) is 0 Å². The lowest BCUT2D eigenvalue weighted by Crippen LogP contribution is -2.55. The lowest BCUT2D eigenvalue weighted by molar-refractivity contribution is -0.0857. The highest BCUT2D eigenvalue weighted by Gasteiger charge is 2.51. The van der Waals surface area contributed by atoms with Gasteiger partial charge in [-0.25, -0.2) is 12.8 Å². The molecule has 2 aliphatic rings. The van der Waals surface area contributed by atoms with Gasteiger partial charge < -0.3 is 19.1 Å². The number of carbonyl (C=O) groups excluding carboxylic acids is 1. The Morgan fingerprint density at radius 1 is 1.03 bits per heavy atom. The maximum Gasteiger partial charge on any atom is 0.254 e. The number of hydrogen-bond acceptors (Lipinski definition) is 6. The third-order valence-corrected chi connectivity index (χ3v) is 8.21. The summed E-state index contributed by atoms with van der Waals surface area (Å²) in [4.78, 5) is 14.8. The number of amides is 1. The lowest BCUT2D eigenvalue weighted by Gasteiger charge is -2.42. The number of aryl methyl sites for hydroxylation is 1. The number of benzene rings is 2. The topological polar surface area (TPSA) is 85.4 Å². The van der Waals surface area contributed by atoms with Gasteiger partial charge in [0.25, 0.3) is 5.91 Å². The van der Waals surface area contributed by atoms with Crippen LogP contribution in [0.3, 0.4) is 0 Å². The number of halogens is 1. The van der Waals surface area contributed by atoms with Gasteiger partial charge in [0.1, 0.15) is 23.0 Å². The number of hydrogen-bond donors (Lipinski definition) is 0. The number of carbonyl (C=O) groups is 1. The summed E-state index contributed by atoms with van der Waals surface area (Å²) in [5, 5.41) is 0. The second-order valence-electron chi connectivity index (χ2n) is 8.18. The summed E-state index contributed by atoms with van der Waals surface area (Å²) in [7, 11) is -0.855. The molecular weight excluding hydrogens is 451 g/mol. The van der Waals surface area contributed by atoms with Crippen LogP contribution in [-0.4, -0.2) is 69.7 Å². The van der Waals surface area contributed by atoms with Crippen molar-refractivity contribution in [2.45, 2.75) is 30.4 Å². The van der Waals surface area contributed by atoms with Gasteiger partial charge in [-0.2, -0.15) is 4.31 Å². The van der Waals surface area contributed by atoms with Crippen molar-refractivity contribution in [1.82, 2.24) is 9.21 Å². The molecule has 2 aliphatic heterocycles. The molecule has 33 heavy (non-hydrogen) atoms. The average molecular weight is 479 g/mol. The van der Waals surface area contributed by atoms with Gasteiger partial charge in [0, 0.05) is 44.1 Å². The summed E-state index contributed by atoms with van der Waals surface area (Å²) in [5.41, 5.74) is -0.329. The lowest BCUT2D eigenvalue weighted by atomic mass is 10.00. The summed E-state index contributed by atoms with van der Waals surface area (Å²) in [6.07, 6.45) is 0.665. The van der Waals surface area contributed by atoms with Gasteiger partial charge in [-0.05, 0) is 42.8 Å². The Hall–Kier alpha value is -2.69. The van der Waals surface area contributed by atoms with Crippen LogP contribution in [0.2, 0.25) is 0 Å². The maximum absolute atomic E-state index is 13.7. The second kappa shape index (κ2) is 8.92. The molecule has 2 fully saturated rings. The zero-order valence-electron chi connectivity index (χ0n) is 18.8. The Balaban J connectivity index is 1.53. The minimum atomic E-state index is -3.89. The molecule has 0 N–H and O–H groups in total. The molecule has 2 heterocycles. The molecule has 0 radical (unpaired) electrons. The van der Waals surface area contributed by atoms with Gasteiger partial charge >= 0.3 is 0 Å². The molecule has 4 rings (SSSR count). The van der Waals surface area contributed by atoms with Crippen molar-refractivity contribution in [2.24, 2.45) is 0 Å². The number of piperidine rings is 1. The van der Waals surface area contributed by atoms with Gasteiger partial charge in [-0.3, -0.25) is 4.79 Å². The summed E-state index contributed by atoms with van der Waals surface area (Å²) >= 11 is 0. The first kappa shape index (κ1) is 23.5. The van der Waals surface area contributed by atoms with Crippen molar-refractivity contribution in [3.8, 4) is 11.5 Å². The fourth-order valence-corrected chi connectivity index (χ4v) is 6.21. The Morgan fingerprint density at radius 2 is 1.67 bits per heavy atom. The van der Waals surface area contributed by atoms with Crippen LogP contribution >= 0.6 is 0 Å². The largest absolute Gasteiger partial charge is 0.497 e. The molecule has 2 saturated heterocycles. The van der Waals surface area contributed by atoms with Crippen molar-refractivity contribution < 1.29 is 31.8 Å². The summed E-state index contributed by atoms with van der Waals surface area (Å²) in [6.45, 7) is 2.65. The summed E-state index contributed by atoms with van der Waals surface area (Å²) in [6, 6.07) is 8.76. The van der Waals surface area contributed by atoms with E-state index in [0.717, 1.165) is 6.07 Å². The standard InChI is InChI=1S/C23H27FN2O6S/c1-16-12-20(4-5-21(16)24)33(28,29)26-10-11-32-23(26)6-8-25(9-7-23)22(27)17-13-18(30-2)15-19(14-17)31-3/h4-5,12-15H,6-11H2,1-3H3. The third-order valence-electron chi connectivity index (χ3n) is 6.27. The van der Waals surface area contributed by atoms with E-state index in [1.807, 2.05) is 0 Å². The fourth-order valence-electron chi connectivity index (χ4n) is 4.40. The molecule has 2 aromatic carbocycles. The van der Waals surface area contributed by atoms with Crippen molar-refractivity contribution in [3.63, 3.8) is 0 Å². The molecule has 178 valence electrons. The van der Waals surface area contributed by atoms with E-state index in [9.17, 15) is 17.6 Å². The van der Waals surface area contributed by atoms with Crippen LogP contribution in [0.4, 0.5) is 4.39 Å². The van der Waals surface area contributed by atoms with Crippen LogP contribution in [0.1, 0.15) is 28.8 Å². The molecule has 1 amide bonds. The molecule has 0 aromatic heterocycles. The van der Waals surface area contributed by atoms with E-state index in [0.29, 0.717) is 43.0 Å². The van der Waals surface area contributed by atoms with Gasteiger partial charge in [-0.15, -0.1) is 0 Å².